The molecule has 5 nitrogen and oxygen atoms in total. The van der Waals surface area contributed by atoms with Crippen molar-refractivity contribution in [1.29, 1.82) is 0 Å². The van der Waals surface area contributed by atoms with Gasteiger partial charge in [0.15, 0.2) is 5.82 Å². The summed E-state index contributed by atoms with van der Waals surface area (Å²) in [5.74, 6) is 1.64. The van der Waals surface area contributed by atoms with E-state index in [0.717, 1.165) is 24.5 Å². The quantitative estimate of drug-likeness (QED) is 0.751. The van der Waals surface area contributed by atoms with Crippen LogP contribution in [0.25, 0.3) is 0 Å². The van der Waals surface area contributed by atoms with Crippen molar-refractivity contribution in [3.63, 3.8) is 0 Å². The minimum atomic E-state index is -0.105. The van der Waals surface area contributed by atoms with Crippen molar-refractivity contribution < 1.29 is 4.79 Å². The van der Waals surface area contributed by atoms with Crippen LogP contribution < -0.4 is 5.32 Å². The molecule has 1 amide bonds. The van der Waals surface area contributed by atoms with Crippen molar-refractivity contribution >= 4 is 5.91 Å². The molecule has 1 rings (SSSR count). The van der Waals surface area contributed by atoms with E-state index in [1.807, 2.05) is 6.92 Å². The molecule has 1 aromatic heterocycles. The van der Waals surface area contributed by atoms with Gasteiger partial charge in [-0.2, -0.15) is 5.10 Å². The van der Waals surface area contributed by atoms with E-state index in [1.165, 1.54) is 6.08 Å². The van der Waals surface area contributed by atoms with Crippen LogP contribution in [0, 0.1) is 6.92 Å². The van der Waals surface area contributed by atoms with Crippen molar-refractivity contribution in [2.45, 2.75) is 33.2 Å². The van der Waals surface area contributed by atoms with E-state index in [-0.39, 0.29) is 5.91 Å². The normalized spacial score (nSPS) is 10.9. The third kappa shape index (κ3) is 3.49. The van der Waals surface area contributed by atoms with Crippen molar-refractivity contribution in [3.8, 4) is 0 Å². The summed E-state index contributed by atoms with van der Waals surface area (Å²) < 4.78 is 1.80. The lowest BCUT2D eigenvalue weighted by Gasteiger charge is -1.96. The predicted molar refractivity (Wildman–Crippen MR) is 62.0 cm³/mol. The Labute approximate surface area is 95.6 Å². The number of nitrogens with one attached hydrogen (secondary N) is 1. The summed E-state index contributed by atoms with van der Waals surface area (Å²) in [5.41, 5.74) is 0. The van der Waals surface area contributed by atoms with Crippen molar-refractivity contribution in [3.05, 3.63) is 23.8 Å². The standard InChI is InChI=1S/C11H18N4O/c1-4-6-10-13-9(2)15(14-10)8-5-7-11(16)12-3/h5,7H,4,6,8H2,1-3H3,(H,12,16)/b7-5+. The van der Waals surface area contributed by atoms with Crippen LogP contribution in [0.2, 0.25) is 0 Å². The largest absolute Gasteiger partial charge is 0.356 e. The second-order valence-corrected chi connectivity index (χ2v) is 3.52. The number of aromatic nitrogens is 3. The number of likely N-dealkylation sites (N-methyl/N-ethyl adjacent to an activating group) is 1. The molecular weight excluding hydrogens is 204 g/mol. The molecule has 0 fully saturated rings. The Balaban J connectivity index is 2.59. The van der Waals surface area contributed by atoms with Crippen LogP contribution in [0.15, 0.2) is 12.2 Å². The lowest BCUT2D eigenvalue weighted by molar-refractivity contribution is -0.116. The molecule has 0 aliphatic carbocycles. The number of allylic oxidation sites excluding steroid dienone is 1. The minimum absolute atomic E-state index is 0.105. The first-order chi connectivity index (χ1) is 7.67. The molecule has 1 aromatic rings. The summed E-state index contributed by atoms with van der Waals surface area (Å²) in [6.45, 7) is 4.59. The van der Waals surface area contributed by atoms with E-state index in [2.05, 4.69) is 22.3 Å². The van der Waals surface area contributed by atoms with Gasteiger partial charge in [0.2, 0.25) is 5.91 Å². The molecule has 16 heavy (non-hydrogen) atoms. The Kier molecular flexibility index (Phi) is 4.69. The average molecular weight is 222 g/mol. The van der Waals surface area contributed by atoms with Gasteiger partial charge in [0.05, 0.1) is 6.54 Å². The fourth-order valence-corrected chi connectivity index (χ4v) is 1.32. The number of amides is 1. The summed E-state index contributed by atoms with van der Waals surface area (Å²) in [6.07, 6.45) is 5.21. The molecule has 88 valence electrons. The second-order valence-electron chi connectivity index (χ2n) is 3.52. The number of carbonyl (C=O) groups excluding carboxylic acids is 1. The molecule has 0 bridgehead atoms. The lowest BCUT2D eigenvalue weighted by Crippen LogP contribution is -2.14. The summed E-state index contributed by atoms with van der Waals surface area (Å²) in [5, 5.41) is 6.87. The monoisotopic (exact) mass is 222 g/mol. The summed E-state index contributed by atoms with van der Waals surface area (Å²) in [7, 11) is 1.60. The minimum Gasteiger partial charge on any atom is -0.356 e. The van der Waals surface area contributed by atoms with E-state index in [1.54, 1.807) is 17.8 Å². The van der Waals surface area contributed by atoms with Crippen LogP contribution in [-0.2, 0) is 17.8 Å². The number of hydrogen-bond donors (Lipinski definition) is 1. The maximum absolute atomic E-state index is 11.0. The van der Waals surface area contributed by atoms with Gasteiger partial charge in [0, 0.05) is 19.5 Å². The number of aryl methyl sites for hydroxylation is 2. The number of hydrogen-bond acceptors (Lipinski definition) is 3. The fourth-order valence-electron chi connectivity index (χ4n) is 1.32. The van der Waals surface area contributed by atoms with Gasteiger partial charge in [-0.25, -0.2) is 9.67 Å². The Hall–Kier alpha value is -1.65. The van der Waals surface area contributed by atoms with Gasteiger partial charge in [-0.15, -0.1) is 0 Å². The van der Waals surface area contributed by atoms with Gasteiger partial charge in [-0.05, 0) is 13.3 Å². The van der Waals surface area contributed by atoms with Gasteiger partial charge < -0.3 is 5.32 Å². The zero-order chi connectivity index (χ0) is 12.0. The molecule has 0 saturated heterocycles. The van der Waals surface area contributed by atoms with Crippen LogP contribution in [0.3, 0.4) is 0 Å². The van der Waals surface area contributed by atoms with E-state index in [9.17, 15) is 4.79 Å². The SMILES string of the molecule is CCCc1nc(C)n(C/C=C/C(=O)NC)n1. The van der Waals surface area contributed by atoms with Gasteiger partial charge in [0.1, 0.15) is 5.82 Å². The average Bonchev–Trinajstić information content (AvgIpc) is 2.60. The zero-order valence-electron chi connectivity index (χ0n) is 10.0. The molecule has 0 aliphatic heterocycles. The highest BCUT2D eigenvalue weighted by molar-refractivity contribution is 5.87. The van der Waals surface area contributed by atoms with Crippen molar-refractivity contribution in [1.82, 2.24) is 20.1 Å². The molecule has 0 radical (unpaired) electrons. The molecular formula is C11H18N4O. The van der Waals surface area contributed by atoms with Crippen molar-refractivity contribution in [2.75, 3.05) is 7.05 Å². The Morgan fingerprint density at radius 2 is 2.31 bits per heavy atom. The topological polar surface area (TPSA) is 59.8 Å². The molecule has 0 saturated carbocycles. The van der Waals surface area contributed by atoms with Gasteiger partial charge in [0.25, 0.3) is 0 Å². The molecule has 1 N–H and O–H groups in total. The fraction of sp³-hybridized carbons (Fsp3) is 0.545. The molecule has 0 unspecified atom stereocenters. The molecule has 0 aromatic carbocycles. The predicted octanol–water partition coefficient (Wildman–Crippen LogP) is 0.841. The van der Waals surface area contributed by atoms with Crippen LogP contribution in [0.4, 0.5) is 0 Å². The lowest BCUT2D eigenvalue weighted by atomic mass is 10.3. The van der Waals surface area contributed by atoms with Gasteiger partial charge >= 0.3 is 0 Å². The highest BCUT2D eigenvalue weighted by atomic mass is 16.1. The highest BCUT2D eigenvalue weighted by Gasteiger charge is 2.03. The Morgan fingerprint density at radius 3 is 2.94 bits per heavy atom. The maximum atomic E-state index is 11.0. The third-order valence-electron chi connectivity index (χ3n) is 2.17. The van der Waals surface area contributed by atoms with Crippen LogP contribution in [0.5, 0.6) is 0 Å². The third-order valence-corrected chi connectivity index (χ3v) is 2.17. The summed E-state index contributed by atoms with van der Waals surface area (Å²) in [4.78, 5) is 15.3. The first kappa shape index (κ1) is 12.4. The summed E-state index contributed by atoms with van der Waals surface area (Å²) >= 11 is 0. The van der Waals surface area contributed by atoms with E-state index >= 15 is 0 Å². The number of carbonyl (C=O) groups is 1. The van der Waals surface area contributed by atoms with Gasteiger partial charge in [-0.3, -0.25) is 4.79 Å². The molecule has 5 heteroatoms. The Bertz CT molecular complexity index is 381. The Morgan fingerprint density at radius 1 is 1.56 bits per heavy atom. The van der Waals surface area contributed by atoms with Crippen LogP contribution in [0.1, 0.15) is 25.0 Å². The smallest absolute Gasteiger partial charge is 0.243 e. The highest BCUT2D eigenvalue weighted by Crippen LogP contribution is 2.00. The molecule has 0 aliphatic rings. The molecule has 0 spiro atoms. The summed E-state index contributed by atoms with van der Waals surface area (Å²) in [6, 6.07) is 0. The second kappa shape index (κ2) is 6.05. The van der Waals surface area contributed by atoms with Gasteiger partial charge in [-0.1, -0.05) is 13.0 Å². The zero-order valence-corrected chi connectivity index (χ0v) is 10.0. The molecule has 0 atom stereocenters. The first-order valence-electron chi connectivity index (χ1n) is 5.46. The number of nitrogens with zero attached hydrogens (tertiary/aromatic N) is 3. The van der Waals surface area contributed by atoms with E-state index in [0.29, 0.717) is 6.54 Å². The number of rotatable bonds is 5. The van der Waals surface area contributed by atoms with E-state index in [4.69, 9.17) is 0 Å². The van der Waals surface area contributed by atoms with Crippen molar-refractivity contribution in [2.24, 2.45) is 0 Å². The van der Waals surface area contributed by atoms with Crippen LogP contribution >= 0.6 is 0 Å². The first-order valence-corrected chi connectivity index (χ1v) is 5.46. The van der Waals surface area contributed by atoms with E-state index < -0.39 is 0 Å². The maximum Gasteiger partial charge on any atom is 0.243 e. The molecule has 1 heterocycles. The van der Waals surface area contributed by atoms with Crippen LogP contribution in [-0.4, -0.2) is 27.7 Å².